The smallest absolute Gasteiger partial charge is 0.239 e. The van der Waals surface area contributed by atoms with Crippen LogP contribution in [0, 0.1) is 0 Å². The quantitative estimate of drug-likeness (QED) is 0.112. The molecule has 0 saturated carbocycles. The summed E-state index contributed by atoms with van der Waals surface area (Å²) >= 11 is 0. The molecule has 18 nitrogen and oxygen atoms in total. The van der Waals surface area contributed by atoms with Crippen molar-refractivity contribution >= 4 is 11.0 Å². The number of hydrogen-bond acceptors (Lipinski definition) is 18. The molecule has 0 bridgehead atoms. The van der Waals surface area contributed by atoms with E-state index >= 15 is 0 Å². The highest BCUT2D eigenvalue weighted by molar-refractivity contribution is 5.88. The van der Waals surface area contributed by atoms with Crippen LogP contribution >= 0.6 is 0 Å². The monoisotopic (exact) mass is 642 g/mol. The van der Waals surface area contributed by atoms with Crippen molar-refractivity contribution in [2.24, 2.45) is 0 Å². The number of benzene rings is 2. The molecular formula is C27H30O18. The molecule has 5 unspecified atom stereocenters. The summed E-state index contributed by atoms with van der Waals surface area (Å²) in [6, 6.07) is 3.55. The Bertz CT molecular complexity index is 1600. The number of aliphatic hydroxyl groups excluding tert-OH is 8. The number of aliphatic hydroxyl groups is 8. The van der Waals surface area contributed by atoms with Crippen LogP contribution < -0.4 is 14.9 Å². The highest BCUT2D eigenvalue weighted by Crippen LogP contribution is 2.44. The van der Waals surface area contributed by atoms with Gasteiger partial charge in [-0.3, -0.25) is 4.79 Å². The summed E-state index contributed by atoms with van der Waals surface area (Å²) in [5.74, 6) is -5.24. The predicted octanol–water partition coefficient (Wildman–Crippen LogP) is -3.36. The van der Waals surface area contributed by atoms with E-state index in [-0.39, 0.29) is 5.56 Å². The van der Waals surface area contributed by atoms with Gasteiger partial charge in [0.2, 0.25) is 29.5 Å². The first kappa shape index (κ1) is 32.4. The van der Waals surface area contributed by atoms with E-state index in [1.54, 1.807) is 0 Å². The summed E-state index contributed by atoms with van der Waals surface area (Å²) in [5, 5.41) is 121. The van der Waals surface area contributed by atoms with Gasteiger partial charge in [0.05, 0.1) is 13.2 Å². The third-order valence-corrected chi connectivity index (χ3v) is 7.41. The molecule has 18 heteroatoms. The Kier molecular flexibility index (Phi) is 8.97. The highest BCUT2D eigenvalue weighted by atomic mass is 16.7. The first-order chi connectivity index (χ1) is 21.3. The standard InChI is InChI=1S/C27H30O18/c28-5-13-17(34)20(37)22(39)26(43-13)42-12-2-7(1-10(32)16(12)33)24-25(19(36)15-9(31)3-8(30)4-11(15)41-24)45-27-23(40)21(38)18(35)14(6-29)44-27/h1-4,13-14,17-18,20-23,26-35,37-40H,5-6H2/t13?,14?,17-,18-,20-,21?,22?,23?,26+,27-/m0/s1. The number of hydrogen-bond donors (Lipinski definition) is 12. The molecule has 1 aromatic heterocycles. The maximum Gasteiger partial charge on any atom is 0.239 e. The second-order valence-corrected chi connectivity index (χ2v) is 10.4. The van der Waals surface area contributed by atoms with Gasteiger partial charge >= 0.3 is 0 Å². The maximum absolute atomic E-state index is 13.7. The van der Waals surface area contributed by atoms with Crippen LogP contribution in [0.1, 0.15) is 0 Å². The van der Waals surface area contributed by atoms with Crippen molar-refractivity contribution in [2.75, 3.05) is 13.2 Å². The lowest BCUT2D eigenvalue weighted by Gasteiger charge is -2.39. The van der Waals surface area contributed by atoms with Crippen molar-refractivity contribution < 1.29 is 84.6 Å². The fourth-order valence-electron chi connectivity index (χ4n) is 4.95. The fourth-order valence-corrected chi connectivity index (χ4v) is 4.95. The van der Waals surface area contributed by atoms with Crippen LogP contribution in [0.5, 0.6) is 34.5 Å². The van der Waals surface area contributed by atoms with Crippen LogP contribution in [0.4, 0.5) is 0 Å². The highest BCUT2D eigenvalue weighted by Gasteiger charge is 2.46. The van der Waals surface area contributed by atoms with Gasteiger partial charge in [0, 0.05) is 17.7 Å². The van der Waals surface area contributed by atoms with Crippen molar-refractivity contribution in [1.29, 1.82) is 0 Å². The predicted molar refractivity (Wildman–Crippen MR) is 143 cm³/mol. The summed E-state index contributed by atoms with van der Waals surface area (Å²) in [5.41, 5.74) is -1.88. The van der Waals surface area contributed by atoms with Crippen LogP contribution in [0.3, 0.4) is 0 Å². The van der Waals surface area contributed by atoms with Gasteiger partial charge in [-0.1, -0.05) is 0 Å². The average molecular weight is 643 g/mol. The van der Waals surface area contributed by atoms with Crippen LogP contribution in [-0.2, 0) is 9.47 Å². The van der Waals surface area contributed by atoms with Crippen LogP contribution in [0.25, 0.3) is 22.3 Å². The lowest BCUT2D eigenvalue weighted by Crippen LogP contribution is -2.60. The average Bonchev–Trinajstić information content (AvgIpc) is 3.00. The Hall–Kier alpha value is -3.95. The number of ether oxygens (including phenoxy) is 4. The number of fused-ring (bicyclic) bond motifs is 1. The molecule has 2 aromatic carbocycles. The van der Waals surface area contributed by atoms with E-state index in [0.29, 0.717) is 0 Å². The van der Waals surface area contributed by atoms with Crippen molar-refractivity contribution in [3.63, 3.8) is 0 Å². The molecule has 2 aliphatic rings. The summed E-state index contributed by atoms with van der Waals surface area (Å²) in [6.07, 6.45) is -17.8. The van der Waals surface area contributed by atoms with E-state index < -0.39 is 131 Å². The van der Waals surface area contributed by atoms with Gasteiger partial charge in [-0.05, 0) is 12.1 Å². The van der Waals surface area contributed by atoms with Crippen LogP contribution in [0.2, 0.25) is 0 Å². The summed E-state index contributed by atoms with van der Waals surface area (Å²) in [7, 11) is 0. The van der Waals surface area contributed by atoms with Crippen molar-refractivity contribution in [2.45, 2.75) is 61.4 Å². The van der Waals surface area contributed by atoms with Gasteiger partial charge in [0.1, 0.15) is 71.3 Å². The zero-order valence-electron chi connectivity index (χ0n) is 22.8. The molecule has 0 spiro atoms. The van der Waals surface area contributed by atoms with Gasteiger partial charge in [-0.15, -0.1) is 0 Å². The Balaban J connectivity index is 1.63. The Morgan fingerprint density at radius 1 is 0.667 bits per heavy atom. The minimum Gasteiger partial charge on any atom is -0.508 e. The third-order valence-electron chi connectivity index (χ3n) is 7.41. The Morgan fingerprint density at radius 2 is 1.22 bits per heavy atom. The van der Waals surface area contributed by atoms with Gasteiger partial charge < -0.3 is 84.6 Å². The molecule has 2 fully saturated rings. The van der Waals surface area contributed by atoms with E-state index in [1.165, 1.54) is 0 Å². The minimum absolute atomic E-state index is 0.327. The van der Waals surface area contributed by atoms with Crippen molar-refractivity contribution in [1.82, 2.24) is 0 Å². The van der Waals surface area contributed by atoms with Gasteiger partial charge in [-0.25, -0.2) is 0 Å². The third kappa shape index (κ3) is 5.79. The molecule has 45 heavy (non-hydrogen) atoms. The fraction of sp³-hybridized carbons (Fsp3) is 0.444. The van der Waals surface area contributed by atoms with E-state index in [0.717, 1.165) is 24.3 Å². The van der Waals surface area contributed by atoms with Gasteiger partial charge in [-0.2, -0.15) is 0 Å². The van der Waals surface area contributed by atoms with E-state index in [9.17, 15) is 66.1 Å². The molecule has 0 radical (unpaired) electrons. The first-order valence-corrected chi connectivity index (χ1v) is 13.3. The molecule has 10 atom stereocenters. The zero-order valence-corrected chi connectivity index (χ0v) is 22.8. The summed E-state index contributed by atoms with van der Waals surface area (Å²) in [6.45, 7) is -1.64. The molecule has 3 heterocycles. The molecule has 5 rings (SSSR count). The van der Waals surface area contributed by atoms with E-state index in [4.69, 9.17) is 23.4 Å². The number of phenolic OH excluding ortho intramolecular Hbond substituents is 4. The molecule has 3 aromatic rings. The largest absolute Gasteiger partial charge is 0.508 e. The Labute approximate surface area is 250 Å². The van der Waals surface area contributed by atoms with E-state index in [1.807, 2.05) is 0 Å². The zero-order chi connectivity index (χ0) is 32.9. The number of aromatic hydroxyl groups is 4. The van der Waals surface area contributed by atoms with Crippen LogP contribution in [-0.4, -0.2) is 136 Å². The minimum atomic E-state index is -2.00. The molecule has 246 valence electrons. The van der Waals surface area contributed by atoms with Crippen molar-refractivity contribution in [3.8, 4) is 45.8 Å². The molecule has 2 saturated heterocycles. The topological polar surface area (TPSA) is 310 Å². The second kappa shape index (κ2) is 12.4. The molecule has 0 aliphatic carbocycles. The Morgan fingerprint density at radius 3 is 1.78 bits per heavy atom. The van der Waals surface area contributed by atoms with Crippen LogP contribution in [0.15, 0.2) is 33.5 Å². The van der Waals surface area contributed by atoms with Crippen molar-refractivity contribution in [3.05, 3.63) is 34.5 Å². The second-order valence-electron chi connectivity index (χ2n) is 10.4. The van der Waals surface area contributed by atoms with Gasteiger partial charge in [0.15, 0.2) is 17.3 Å². The number of rotatable bonds is 7. The lowest BCUT2D eigenvalue weighted by atomic mass is 9.99. The maximum atomic E-state index is 13.7. The van der Waals surface area contributed by atoms with Gasteiger partial charge in [0.25, 0.3) is 0 Å². The lowest BCUT2D eigenvalue weighted by molar-refractivity contribution is -0.277. The summed E-state index contributed by atoms with van der Waals surface area (Å²) in [4.78, 5) is 13.7. The summed E-state index contributed by atoms with van der Waals surface area (Å²) < 4.78 is 27.4. The molecule has 2 aliphatic heterocycles. The first-order valence-electron chi connectivity index (χ1n) is 13.3. The molecular weight excluding hydrogens is 612 g/mol. The molecule has 0 amide bonds. The number of phenols is 4. The SMILES string of the molecule is O=c1c(O[C@@H]2OC(CO)[C@H](O)C(O)C2O)c(-c2cc(O)c(O)c(O[C@@H]3OC(CO)[C@H](O)[C@H](O)C3O)c2)oc2cc(O)cc(O)c12. The normalized spacial score (nSPS) is 32.0. The molecule has 12 N–H and O–H groups in total. The van der Waals surface area contributed by atoms with E-state index in [2.05, 4.69) is 0 Å².